The Hall–Kier alpha value is -2.60. The third kappa shape index (κ3) is 4.60. The summed E-state index contributed by atoms with van der Waals surface area (Å²) in [6, 6.07) is 4.68. The number of aromatic nitrogens is 3. The number of sulfonamides is 1. The molecule has 0 radical (unpaired) electrons. The van der Waals surface area contributed by atoms with E-state index in [1.165, 1.54) is 28.1 Å². The van der Waals surface area contributed by atoms with Crippen LogP contribution in [0.3, 0.4) is 0 Å². The van der Waals surface area contributed by atoms with Gasteiger partial charge < -0.3 is 14.6 Å². The van der Waals surface area contributed by atoms with Crippen LogP contribution in [0.2, 0.25) is 5.02 Å². The average Bonchev–Trinajstić information content (AvgIpc) is 3.21. The zero-order chi connectivity index (χ0) is 26.2. The molecule has 0 unspecified atom stereocenters. The highest BCUT2D eigenvalue weighted by Gasteiger charge is 2.29. The molecule has 0 saturated carbocycles. The number of fused-ring (bicyclic) bond motifs is 1. The Bertz CT molecular complexity index is 1500. The predicted molar refractivity (Wildman–Crippen MR) is 141 cm³/mol. The Kier molecular flexibility index (Phi) is 7.65. The number of likely N-dealkylation sites (N-methyl/N-ethyl adjacent to an activating group) is 1. The molecule has 1 N–H and O–H groups in total. The van der Waals surface area contributed by atoms with E-state index < -0.39 is 21.3 Å². The van der Waals surface area contributed by atoms with Crippen molar-refractivity contribution in [2.75, 3.05) is 39.8 Å². The molecule has 1 aliphatic rings. The Labute approximate surface area is 215 Å². The Balaban J connectivity index is 1.93. The zero-order valence-electron chi connectivity index (χ0n) is 21.0. The molecular formula is C24H32ClN5O5S. The number of aromatic amines is 1. The van der Waals surface area contributed by atoms with Gasteiger partial charge in [-0.25, -0.2) is 13.2 Å². The lowest BCUT2D eigenvalue weighted by Crippen LogP contribution is -2.47. The van der Waals surface area contributed by atoms with Gasteiger partial charge in [-0.3, -0.25) is 13.9 Å². The van der Waals surface area contributed by atoms with Crippen molar-refractivity contribution in [2.45, 2.75) is 38.1 Å². The molecule has 10 nitrogen and oxygen atoms in total. The SMILES string of the molecule is CCCOc1ccc(S(=O)(=O)N2CCN(C)CC2)cc1-c1[nH]c2c(=O)n(C)c(=O)n(CCC)c2c1Cl. The van der Waals surface area contributed by atoms with Crippen LogP contribution in [-0.4, -0.2) is 71.6 Å². The van der Waals surface area contributed by atoms with E-state index in [1.54, 1.807) is 6.07 Å². The van der Waals surface area contributed by atoms with Gasteiger partial charge in [0.05, 0.1) is 27.7 Å². The minimum absolute atomic E-state index is 0.111. The highest BCUT2D eigenvalue weighted by molar-refractivity contribution is 7.89. The molecule has 0 amide bonds. The first-order valence-electron chi connectivity index (χ1n) is 12.1. The first kappa shape index (κ1) is 26.5. The summed E-state index contributed by atoms with van der Waals surface area (Å²) in [6.45, 7) is 6.77. The van der Waals surface area contributed by atoms with Gasteiger partial charge >= 0.3 is 5.69 Å². The number of nitrogens with zero attached hydrogens (tertiary/aromatic N) is 4. The molecule has 0 atom stereocenters. The van der Waals surface area contributed by atoms with Gasteiger partial charge in [-0.2, -0.15) is 4.31 Å². The molecule has 0 aliphatic carbocycles. The molecule has 12 heteroatoms. The lowest BCUT2D eigenvalue weighted by Gasteiger charge is -2.31. The van der Waals surface area contributed by atoms with Crippen molar-refractivity contribution >= 4 is 32.7 Å². The number of rotatable bonds is 8. The molecule has 1 saturated heterocycles. The van der Waals surface area contributed by atoms with Crippen LogP contribution in [0.1, 0.15) is 26.7 Å². The molecule has 3 aromatic rings. The van der Waals surface area contributed by atoms with Crippen LogP contribution in [0, 0.1) is 0 Å². The minimum Gasteiger partial charge on any atom is -0.493 e. The van der Waals surface area contributed by atoms with Crippen LogP contribution < -0.4 is 16.0 Å². The summed E-state index contributed by atoms with van der Waals surface area (Å²) in [5.41, 5.74) is 0.260. The van der Waals surface area contributed by atoms with Gasteiger partial charge in [0, 0.05) is 45.3 Å². The topological polar surface area (TPSA) is 110 Å². The summed E-state index contributed by atoms with van der Waals surface area (Å²) in [5.74, 6) is 0.434. The van der Waals surface area contributed by atoms with Crippen molar-refractivity contribution in [1.82, 2.24) is 23.3 Å². The standard InChI is InChI=1S/C24H32ClN5O5S/c1-5-9-30-22-19(25)20(26-21(22)23(31)28(4)24(30)32)17-15-16(7-8-18(17)35-14-6-2)36(33,34)29-12-10-27(3)11-13-29/h7-8,15,26H,5-6,9-14H2,1-4H3. The molecule has 1 fully saturated rings. The molecule has 1 aromatic carbocycles. The fraction of sp³-hybridized carbons (Fsp3) is 0.500. The van der Waals surface area contributed by atoms with Crippen molar-refractivity contribution in [3.05, 3.63) is 44.1 Å². The first-order valence-corrected chi connectivity index (χ1v) is 13.9. The second-order valence-corrected chi connectivity index (χ2v) is 11.4. The summed E-state index contributed by atoms with van der Waals surface area (Å²) in [7, 11) is -0.381. The van der Waals surface area contributed by atoms with E-state index in [0.29, 0.717) is 68.3 Å². The number of H-pyrrole nitrogens is 1. The number of halogens is 1. The Morgan fingerprint density at radius 1 is 1.06 bits per heavy atom. The van der Waals surface area contributed by atoms with E-state index in [0.717, 1.165) is 11.0 Å². The maximum atomic E-state index is 13.5. The van der Waals surface area contributed by atoms with Crippen molar-refractivity contribution in [3.63, 3.8) is 0 Å². The summed E-state index contributed by atoms with van der Waals surface area (Å²) < 4.78 is 36.8. The van der Waals surface area contributed by atoms with Crippen LogP contribution in [0.4, 0.5) is 0 Å². The maximum Gasteiger partial charge on any atom is 0.331 e. The second-order valence-electron chi connectivity index (χ2n) is 9.05. The largest absolute Gasteiger partial charge is 0.493 e. The molecule has 0 bridgehead atoms. The van der Waals surface area contributed by atoms with Crippen LogP contribution in [0.25, 0.3) is 22.3 Å². The van der Waals surface area contributed by atoms with E-state index in [2.05, 4.69) is 9.88 Å². The van der Waals surface area contributed by atoms with Crippen molar-refractivity contribution in [2.24, 2.45) is 7.05 Å². The van der Waals surface area contributed by atoms with Gasteiger partial charge in [-0.05, 0) is 38.1 Å². The zero-order valence-corrected chi connectivity index (χ0v) is 22.6. The molecule has 4 rings (SSSR count). The smallest absolute Gasteiger partial charge is 0.331 e. The van der Waals surface area contributed by atoms with E-state index in [-0.39, 0.29) is 15.4 Å². The third-order valence-electron chi connectivity index (χ3n) is 6.45. The van der Waals surface area contributed by atoms with Gasteiger partial charge in [0.25, 0.3) is 5.56 Å². The van der Waals surface area contributed by atoms with Crippen LogP contribution in [0.5, 0.6) is 5.75 Å². The number of ether oxygens (including phenoxy) is 1. The van der Waals surface area contributed by atoms with Crippen molar-refractivity contribution in [3.8, 4) is 17.0 Å². The molecule has 0 spiro atoms. The normalized spacial score (nSPS) is 15.6. The van der Waals surface area contributed by atoms with Gasteiger partial charge in [0.15, 0.2) is 0 Å². The minimum atomic E-state index is -3.76. The lowest BCUT2D eigenvalue weighted by molar-refractivity contribution is 0.222. The fourth-order valence-corrected chi connectivity index (χ4v) is 6.20. The highest BCUT2D eigenvalue weighted by atomic mass is 35.5. The molecule has 1 aliphatic heterocycles. The van der Waals surface area contributed by atoms with E-state index >= 15 is 0 Å². The van der Waals surface area contributed by atoms with Crippen molar-refractivity contribution in [1.29, 1.82) is 0 Å². The number of benzene rings is 1. The number of aryl methyl sites for hydroxylation is 1. The van der Waals surface area contributed by atoms with E-state index in [1.807, 2.05) is 20.9 Å². The summed E-state index contributed by atoms with van der Waals surface area (Å²) >= 11 is 6.81. The number of hydrogen-bond donors (Lipinski definition) is 1. The molecule has 196 valence electrons. The number of hydrogen-bond acceptors (Lipinski definition) is 6. The molecule has 3 heterocycles. The Morgan fingerprint density at radius 2 is 1.75 bits per heavy atom. The maximum absolute atomic E-state index is 13.5. The summed E-state index contributed by atoms with van der Waals surface area (Å²) in [6.07, 6.45) is 1.41. The van der Waals surface area contributed by atoms with Crippen LogP contribution in [-0.2, 0) is 23.6 Å². The quantitative estimate of drug-likeness (QED) is 0.473. The molecule has 36 heavy (non-hydrogen) atoms. The van der Waals surface area contributed by atoms with Gasteiger partial charge in [-0.1, -0.05) is 25.4 Å². The summed E-state index contributed by atoms with van der Waals surface area (Å²) in [4.78, 5) is 31.0. The first-order chi connectivity index (χ1) is 17.1. The van der Waals surface area contributed by atoms with E-state index in [9.17, 15) is 18.0 Å². The summed E-state index contributed by atoms with van der Waals surface area (Å²) in [5, 5.41) is 0.170. The van der Waals surface area contributed by atoms with Gasteiger partial charge in [0.1, 0.15) is 11.3 Å². The fourth-order valence-electron chi connectivity index (χ4n) is 4.40. The predicted octanol–water partition coefficient (Wildman–Crippen LogP) is 2.48. The molecule has 2 aromatic heterocycles. The lowest BCUT2D eigenvalue weighted by atomic mass is 10.1. The third-order valence-corrected chi connectivity index (χ3v) is 8.71. The average molecular weight is 538 g/mol. The van der Waals surface area contributed by atoms with Crippen LogP contribution in [0.15, 0.2) is 32.7 Å². The highest BCUT2D eigenvalue weighted by Crippen LogP contribution is 2.39. The van der Waals surface area contributed by atoms with Gasteiger partial charge in [0.2, 0.25) is 10.0 Å². The van der Waals surface area contributed by atoms with Gasteiger partial charge in [-0.15, -0.1) is 0 Å². The number of piperazine rings is 1. The monoisotopic (exact) mass is 537 g/mol. The Morgan fingerprint density at radius 3 is 2.39 bits per heavy atom. The van der Waals surface area contributed by atoms with E-state index in [4.69, 9.17) is 16.3 Å². The van der Waals surface area contributed by atoms with Crippen LogP contribution >= 0.6 is 11.6 Å². The second kappa shape index (κ2) is 10.4. The molecular weight excluding hydrogens is 506 g/mol. The van der Waals surface area contributed by atoms with Crippen molar-refractivity contribution < 1.29 is 13.2 Å². The number of nitrogens with one attached hydrogen (secondary N) is 1.